The maximum absolute atomic E-state index is 8.58. The Hall–Kier alpha value is -1.29. The predicted octanol–water partition coefficient (Wildman–Crippen LogP) is 0.171. The molecule has 1 aromatic rings. The molecule has 4 nitrogen and oxygen atoms in total. The van der Waals surface area contributed by atoms with E-state index in [2.05, 4.69) is 4.98 Å². The Labute approximate surface area is 71.2 Å². The number of hydrogen-bond donors (Lipinski definition) is 3. The monoisotopic (exact) mass is 167 g/mol. The van der Waals surface area contributed by atoms with Crippen LogP contribution in [0.15, 0.2) is 12.3 Å². The average molecular weight is 167 g/mol. The number of nitrogen functional groups attached to an aromatic ring is 2. The lowest BCUT2D eigenvalue weighted by molar-refractivity contribution is 0.288. The second-order valence-electron chi connectivity index (χ2n) is 2.65. The summed E-state index contributed by atoms with van der Waals surface area (Å²) in [5, 5.41) is 8.58. The lowest BCUT2D eigenvalue weighted by Crippen LogP contribution is -1.99. The zero-order valence-corrected chi connectivity index (χ0v) is 6.83. The summed E-state index contributed by atoms with van der Waals surface area (Å²) in [6.45, 7) is 0.185. The molecule has 0 fully saturated rings. The van der Waals surface area contributed by atoms with Crippen LogP contribution < -0.4 is 11.5 Å². The average Bonchev–Trinajstić information content (AvgIpc) is 2.07. The molecule has 0 aliphatic rings. The normalized spacial score (nSPS) is 10.1. The van der Waals surface area contributed by atoms with E-state index in [0.717, 1.165) is 18.4 Å². The van der Waals surface area contributed by atoms with Crippen LogP contribution in [-0.2, 0) is 6.42 Å². The molecule has 5 N–H and O–H groups in total. The highest BCUT2D eigenvalue weighted by atomic mass is 16.2. The fourth-order valence-electron chi connectivity index (χ4n) is 0.958. The lowest BCUT2D eigenvalue weighted by Gasteiger charge is -2.02. The van der Waals surface area contributed by atoms with Gasteiger partial charge >= 0.3 is 0 Å². The van der Waals surface area contributed by atoms with Gasteiger partial charge in [-0.1, -0.05) is 0 Å². The highest BCUT2D eigenvalue weighted by Crippen LogP contribution is 2.13. The van der Waals surface area contributed by atoms with Crippen molar-refractivity contribution < 1.29 is 5.11 Å². The summed E-state index contributed by atoms with van der Waals surface area (Å²) in [6.07, 6.45) is 3.19. The Bertz CT molecular complexity index is 262. The molecule has 0 saturated carbocycles. The summed E-state index contributed by atoms with van der Waals surface area (Å²) in [5.74, 6) is 0.364. The molecule has 0 bridgehead atoms. The number of aliphatic hydroxyl groups excluding tert-OH is 1. The third-order valence-electron chi connectivity index (χ3n) is 1.63. The molecule has 0 aliphatic heterocycles. The van der Waals surface area contributed by atoms with Crippen molar-refractivity contribution in [2.75, 3.05) is 18.1 Å². The molecule has 0 unspecified atom stereocenters. The van der Waals surface area contributed by atoms with E-state index in [0.29, 0.717) is 11.5 Å². The van der Waals surface area contributed by atoms with Crippen LogP contribution in [0.25, 0.3) is 0 Å². The molecule has 12 heavy (non-hydrogen) atoms. The van der Waals surface area contributed by atoms with Crippen molar-refractivity contribution in [2.45, 2.75) is 12.8 Å². The van der Waals surface area contributed by atoms with Crippen molar-refractivity contribution in [3.8, 4) is 0 Å². The molecule has 0 spiro atoms. The third-order valence-corrected chi connectivity index (χ3v) is 1.63. The van der Waals surface area contributed by atoms with Crippen LogP contribution in [0.2, 0.25) is 0 Å². The summed E-state index contributed by atoms with van der Waals surface area (Å²) < 4.78 is 0. The van der Waals surface area contributed by atoms with Crippen LogP contribution in [0.3, 0.4) is 0 Å². The molecule has 4 heteroatoms. The maximum Gasteiger partial charge on any atom is 0.146 e. The highest BCUT2D eigenvalue weighted by molar-refractivity contribution is 5.58. The van der Waals surface area contributed by atoms with Gasteiger partial charge in [-0.2, -0.15) is 0 Å². The van der Waals surface area contributed by atoms with Gasteiger partial charge in [0.05, 0.1) is 5.69 Å². The van der Waals surface area contributed by atoms with Gasteiger partial charge < -0.3 is 16.6 Å². The first-order valence-corrected chi connectivity index (χ1v) is 3.84. The van der Waals surface area contributed by atoms with Crippen LogP contribution in [0.4, 0.5) is 11.5 Å². The number of aliphatic hydroxyl groups is 1. The first-order valence-electron chi connectivity index (χ1n) is 3.84. The van der Waals surface area contributed by atoms with E-state index < -0.39 is 0 Å². The van der Waals surface area contributed by atoms with E-state index in [1.165, 1.54) is 0 Å². The number of nitrogens with two attached hydrogens (primary N) is 2. The first kappa shape index (κ1) is 8.80. The van der Waals surface area contributed by atoms with E-state index in [1.54, 1.807) is 12.3 Å². The summed E-state index contributed by atoms with van der Waals surface area (Å²) in [6, 6.07) is 1.79. The minimum atomic E-state index is 0.185. The van der Waals surface area contributed by atoms with Gasteiger partial charge in [-0.25, -0.2) is 4.98 Å². The zero-order valence-electron chi connectivity index (χ0n) is 6.83. The Morgan fingerprint density at radius 1 is 1.42 bits per heavy atom. The van der Waals surface area contributed by atoms with Crippen LogP contribution in [0, 0.1) is 0 Å². The second kappa shape index (κ2) is 3.92. The van der Waals surface area contributed by atoms with E-state index in [1.807, 2.05) is 0 Å². The number of aryl methyl sites for hydroxylation is 1. The SMILES string of the molecule is Nc1cc(CCCO)cnc1N. The number of aromatic nitrogens is 1. The van der Waals surface area contributed by atoms with Crippen LogP contribution in [0.1, 0.15) is 12.0 Å². The van der Waals surface area contributed by atoms with E-state index in [4.69, 9.17) is 16.6 Å². The molecule has 66 valence electrons. The van der Waals surface area contributed by atoms with Gasteiger partial charge in [0.25, 0.3) is 0 Å². The Balaban J connectivity index is 2.69. The van der Waals surface area contributed by atoms with Gasteiger partial charge in [0.15, 0.2) is 0 Å². The smallest absolute Gasteiger partial charge is 0.146 e. The molecule has 0 amide bonds. The van der Waals surface area contributed by atoms with Crippen LogP contribution in [0.5, 0.6) is 0 Å². The Kier molecular flexibility index (Phi) is 2.88. The number of hydrogen-bond acceptors (Lipinski definition) is 4. The minimum Gasteiger partial charge on any atom is -0.396 e. The van der Waals surface area contributed by atoms with Crippen molar-refractivity contribution >= 4 is 11.5 Å². The Morgan fingerprint density at radius 3 is 2.75 bits per heavy atom. The summed E-state index contributed by atoms with van der Waals surface area (Å²) in [7, 11) is 0. The molecule has 0 radical (unpaired) electrons. The standard InChI is InChI=1S/C8H13N3O/c9-7-4-6(2-1-3-12)5-11-8(7)10/h4-5,12H,1-3,9H2,(H2,10,11). The topological polar surface area (TPSA) is 85.2 Å². The van der Waals surface area contributed by atoms with Gasteiger partial charge in [0.2, 0.25) is 0 Å². The summed E-state index contributed by atoms with van der Waals surface area (Å²) in [4.78, 5) is 3.90. The van der Waals surface area contributed by atoms with E-state index in [9.17, 15) is 0 Å². The number of pyridine rings is 1. The molecular weight excluding hydrogens is 154 g/mol. The van der Waals surface area contributed by atoms with Gasteiger partial charge in [-0.15, -0.1) is 0 Å². The zero-order chi connectivity index (χ0) is 8.97. The predicted molar refractivity (Wildman–Crippen MR) is 48.5 cm³/mol. The molecule has 1 heterocycles. The van der Waals surface area contributed by atoms with Gasteiger partial charge in [-0.05, 0) is 24.5 Å². The first-order chi connectivity index (χ1) is 5.74. The van der Waals surface area contributed by atoms with Crippen molar-refractivity contribution in [3.63, 3.8) is 0 Å². The Morgan fingerprint density at radius 2 is 2.17 bits per heavy atom. The molecule has 1 rings (SSSR count). The van der Waals surface area contributed by atoms with Crippen molar-refractivity contribution in [1.29, 1.82) is 0 Å². The highest BCUT2D eigenvalue weighted by Gasteiger charge is 1.97. The van der Waals surface area contributed by atoms with E-state index >= 15 is 0 Å². The summed E-state index contributed by atoms with van der Waals surface area (Å²) in [5.41, 5.74) is 12.5. The van der Waals surface area contributed by atoms with Crippen molar-refractivity contribution in [1.82, 2.24) is 4.98 Å². The fraction of sp³-hybridized carbons (Fsp3) is 0.375. The van der Waals surface area contributed by atoms with Crippen LogP contribution in [-0.4, -0.2) is 16.7 Å². The van der Waals surface area contributed by atoms with Crippen molar-refractivity contribution in [2.24, 2.45) is 0 Å². The van der Waals surface area contributed by atoms with Gasteiger partial charge in [-0.3, -0.25) is 0 Å². The van der Waals surface area contributed by atoms with Crippen molar-refractivity contribution in [3.05, 3.63) is 17.8 Å². The number of nitrogens with zero attached hydrogens (tertiary/aromatic N) is 1. The van der Waals surface area contributed by atoms with Gasteiger partial charge in [0, 0.05) is 12.8 Å². The number of anilines is 2. The largest absolute Gasteiger partial charge is 0.396 e. The molecule has 0 saturated heterocycles. The summed E-state index contributed by atoms with van der Waals surface area (Å²) >= 11 is 0. The fourth-order valence-corrected chi connectivity index (χ4v) is 0.958. The lowest BCUT2D eigenvalue weighted by atomic mass is 10.1. The maximum atomic E-state index is 8.58. The van der Waals surface area contributed by atoms with E-state index in [-0.39, 0.29) is 6.61 Å². The van der Waals surface area contributed by atoms with Crippen LogP contribution >= 0.6 is 0 Å². The molecule has 0 aliphatic carbocycles. The van der Waals surface area contributed by atoms with Gasteiger partial charge in [0.1, 0.15) is 5.82 Å². The molecule has 0 atom stereocenters. The quantitative estimate of drug-likeness (QED) is 0.599. The molecule has 1 aromatic heterocycles. The second-order valence-corrected chi connectivity index (χ2v) is 2.65. The third kappa shape index (κ3) is 2.10. The molecular formula is C8H13N3O. The minimum absolute atomic E-state index is 0.185. The number of rotatable bonds is 3. The molecule has 0 aromatic carbocycles.